The molecule has 0 aromatic carbocycles. The normalized spacial score (nSPS) is 14.6. The molecule has 0 saturated carbocycles. The van der Waals surface area contributed by atoms with Crippen molar-refractivity contribution < 1.29 is 13.5 Å². The molecule has 0 rings (SSSR count). The maximum absolute atomic E-state index is 10.9. The average molecular weight is 195 g/mol. The average Bonchev–Trinajstić information content (AvgIpc) is 1.98. The zero-order valence-corrected chi connectivity index (χ0v) is 8.39. The van der Waals surface area contributed by atoms with E-state index in [-0.39, 0.29) is 0 Å². The van der Waals surface area contributed by atoms with Crippen LogP contribution in [0.4, 0.5) is 0 Å². The topological polar surface area (TPSA) is 66.4 Å². The summed E-state index contributed by atoms with van der Waals surface area (Å²) in [4.78, 5) is 0. The summed E-state index contributed by atoms with van der Waals surface area (Å²) in [7, 11) is -3.47. The SMILES string of the molecule is CCCCCNS(=O)(=O)C(C)O. The Morgan fingerprint density at radius 2 is 2.00 bits per heavy atom. The lowest BCUT2D eigenvalue weighted by Crippen LogP contribution is -2.32. The second-order valence-electron chi connectivity index (χ2n) is 2.75. The Morgan fingerprint density at radius 3 is 2.42 bits per heavy atom. The van der Waals surface area contributed by atoms with Crippen molar-refractivity contribution in [3.63, 3.8) is 0 Å². The Kier molecular flexibility index (Phi) is 5.44. The zero-order valence-electron chi connectivity index (χ0n) is 7.58. The van der Waals surface area contributed by atoms with Gasteiger partial charge in [-0.05, 0) is 13.3 Å². The molecule has 0 fully saturated rings. The van der Waals surface area contributed by atoms with Crippen molar-refractivity contribution in [2.24, 2.45) is 0 Å². The third kappa shape index (κ3) is 4.69. The summed E-state index contributed by atoms with van der Waals surface area (Å²) < 4.78 is 24.2. The van der Waals surface area contributed by atoms with E-state index >= 15 is 0 Å². The van der Waals surface area contributed by atoms with E-state index in [0.29, 0.717) is 6.54 Å². The Hall–Kier alpha value is -0.130. The van der Waals surface area contributed by atoms with E-state index in [1.807, 2.05) is 6.92 Å². The minimum atomic E-state index is -3.47. The van der Waals surface area contributed by atoms with E-state index in [0.717, 1.165) is 19.3 Å². The molecule has 0 aromatic heterocycles. The monoisotopic (exact) mass is 195 g/mol. The summed E-state index contributed by atoms with van der Waals surface area (Å²) in [6.45, 7) is 3.70. The maximum Gasteiger partial charge on any atom is 0.238 e. The highest BCUT2D eigenvalue weighted by Gasteiger charge is 2.15. The molecule has 0 bridgehead atoms. The molecule has 5 heteroatoms. The van der Waals surface area contributed by atoms with Crippen LogP contribution in [0.15, 0.2) is 0 Å². The first kappa shape index (κ1) is 11.9. The first-order chi connectivity index (χ1) is 5.50. The number of rotatable bonds is 6. The first-order valence-corrected chi connectivity index (χ1v) is 5.72. The fourth-order valence-electron chi connectivity index (χ4n) is 0.710. The highest BCUT2D eigenvalue weighted by Crippen LogP contribution is 1.95. The summed E-state index contributed by atoms with van der Waals surface area (Å²) in [5, 5.41) is 8.79. The molecular formula is C7H17NO3S. The zero-order chi connectivity index (χ0) is 9.61. The van der Waals surface area contributed by atoms with Crippen molar-refractivity contribution in [3.05, 3.63) is 0 Å². The van der Waals surface area contributed by atoms with Crippen LogP contribution < -0.4 is 4.72 Å². The van der Waals surface area contributed by atoms with Crippen LogP contribution in [0.3, 0.4) is 0 Å². The van der Waals surface area contributed by atoms with E-state index in [4.69, 9.17) is 5.11 Å². The van der Waals surface area contributed by atoms with Crippen LogP contribution in [0.2, 0.25) is 0 Å². The van der Waals surface area contributed by atoms with Gasteiger partial charge in [0.05, 0.1) is 0 Å². The molecule has 4 nitrogen and oxygen atoms in total. The third-order valence-corrected chi connectivity index (χ3v) is 3.04. The molecule has 12 heavy (non-hydrogen) atoms. The number of unbranched alkanes of at least 4 members (excludes halogenated alkanes) is 2. The molecule has 2 N–H and O–H groups in total. The van der Waals surface area contributed by atoms with Gasteiger partial charge in [-0.15, -0.1) is 0 Å². The van der Waals surface area contributed by atoms with Gasteiger partial charge >= 0.3 is 0 Å². The fourth-order valence-corrected chi connectivity index (χ4v) is 1.38. The number of hydrogen-bond acceptors (Lipinski definition) is 3. The summed E-state index contributed by atoms with van der Waals surface area (Å²) in [6.07, 6.45) is 2.88. The highest BCUT2D eigenvalue weighted by molar-refractivity contribution is 7.89. The van der Waals surface area contributed by atoms with Crippen LogP contribution in [0.1, 0.15) is 33.1 Å². The highest BCUT2D eigenvalue weighted by atomic mass is 32.2. The van der Waals surface area contributed by atoms with Crippen molar-refractivity contribution in [3.8, 4) is 0 Å². The molecule has 0 aliphatic carbocycles. The van der Waals surface area contributed by atoms with Gasteiger partial charge in [-0.1, -0.05) is 19.8 Å². The van der Waals surface area contributed by atoms with Gasteiger partial charge in [0.25, 0.3) is 0 Å². The fraction of sp³-hybridized carbons (Fsp3) is 1.00. The molecule has 0 saturated heterocycles. The number of nitrogens with one attached hydrogen (secondary N) is 1. The Bertz CT molecular complexity index is 199. The van der Waals surface area contributed by atoms with Gasteiger partial charge < -0.3 is 5.11 Å². The quantitative estimate of drug-likeness (QED) is 0.604. The molecule has 0 spiro atoms. The summed E-state index contributed by atoms with van der Waals surface area (Å²) in [6, 6.07) is 0. The van der Waals surface area contributed by atoms with Crippen molar-refractivity contribution >= 4 is 10.0 Å². The Balaban J connectivity index is 3.63. The van der Waals surface area contributed by atoms with Crippen LogP contribution >= 0.6 is 0 Å². The summed E-state index contributed by atoms with van der Waals surface area (Å²) in [5.74, 6) is 0. The molecule has 74 valence electrons. The van der Waals surface area contributed by atoms with Gasteiger partial charge in [0.15, 0.2) is 5.44 Å². The molecule has 0 aromatic rings. The number of sulfonamides is 1. The van der Waals surface area contributed by atoms with Crippen LogP contribution in [-0.2, 0) is 10.0 Å². The number of aliphatic hydroxyl groups is 1. The minimum absolute atomic E-state index is 0.418. The van der Waals surface area contributed by atoms with Gasteiger partial charge in [-0.2, -0.15) is 0 Å². The Labute approximate surface area is 74.0 Å². The minimum Gasteiger partial charge on any atom is -0.376 e. The van der Waals surface area contributed by atoms with Crippen LogP contribution in [-0.4, -0.2) is 25.5 Å². The van der Waals surface area contributed by atoms with E-state index in [1.54, 1.807) is 0 Å². The second-order valence-corrected chi connectivity index (χ2v) is 4.81. The van der Waals surface area contributed by atoms with Crippen molar-refractivity contribution in [1.82, 2.24) is 4.72 Å². The maximum atomic E-state index is 10.9. The van der Waals surface area contributed by atoms with Gasteiger partial charge in [0.1, 0.15) is 0 Å². The van der Waals surface area contributed by atoms with Gasteiger partial charge in [-0.25, -0.2) is 13.1 Å². The predicted octanol–water partition coefficient (Wildman–Crippen LogP) is 0.434. The molecule has 0 amide bonds. The van der Waals surface area contributed by atoms with E-state index in [9.17, 15) is 8.42 Å². The van der Waals surface area contributed by atoms with Crippen LogP contribution in [0, 0.1) is 0 Å². The van der Waals surface area contributed by atoms with Crippen LogP contribution in [0.25, 0.3) is 0 Å². The molecule has 1 atom stereocenters. The summed E-state index contributed by atoms with van der Waals surface area (Å²) in [5.41, 5.74) is -1.32. The van der Waals surface area contributed by atoms with E-state index < -0.39 is 15.5 Å². The van der Waals surface area contributed by atoms with Crippen LogP contribution in [0.5, 0.6) is 0 Å². The third-order valence-electron chi connectivity index (χ3n) is 1.53. The first-order valence-electron chi connectivity index (χ1n) is 4.17. The van der Waals surface area contributed by atoms with Gasteiger partial charge in [0, 0.05) is 6.54 Å². The molecule has 0 radical (unpaired) electrons. The number of hydrogen-bond donors (Lipinski definition) is 2. The van der Waals surface area contributed by atoms with Gasteiger partial charge in [0.2, 0.25) is 10.0 Å². The molecule has 0 aliphatic heterocycles. The van der Waals surface area contributed by atoms with Crippen molar-refractivity contribution in [1.29, 1.82) is 0 Å². The lowest BCUT2D eigenvalue weighted by molar-refractivity contribution is 0.266. The molecule has 1 unspecified atom stereocenters. The molecule has 0 heterocycles. The lowest BCUT2D eigenvalue weighted by Gasteiger charge is -2.07. The number of aliphatic hydroxyl groups excluding tert-OH is 1. The van der Waals surface area contributed by atoms with E-state index in [2.05, 4.69) is 4.72 Å². The second kappa shape index (κ2) is 5.50. The van der Waals surface area contributed by atoms with Crippen molar-refractivity contribution in [2.45, 2.75) is 38.5 Å². The largest absolute Gasteiger partial charge is 0.376 e. The standard InChI is InChI=1S/C7H17NO3S/c1-3-4-5-6-8-12(10,11)7(2)9/h7-9H,3-6H2,1-2H3. The molecular weight excluding hydrogens is 178 g/mol. The molecule has 0 aliphatic rings. The van der Waals surface area contributed by atoms with Gasteiger partial charge in [-0.3, -0.25) is 0 Å². The predicted molar refractivity (Wildman–Crippen MR) is 48.1 cm³/mol. The smallest absolute Gasteiger partial charge is 0.238 e. The van der Waals surface area contributed by atoms with E-state index in [1.165, 1.54) is 6.92 Å². The summed E-state index contributed by atoms with van der Waals surface area (Å²) >= 11 is 0. The van der Waals surface area contributed by atoms with Crippen molar-refractivity contribution in [2.75, 3.05) is 6.54 Å². The lowest BCUT2D eigenvalue weighted by atomic mass is 10.3. The Morgan fingerprint density at radius 1 is 1.42 bits per heavy atom.